The summed E-state index contributed by atoms with van der Waals surface area (Å²) in [5, 5.41) is 14.8. The Labute approximate surface area is 259 Å². The monoisotopic (exact) mass is 611 g/mol. The summed E-state index contributed by atoms with van der Waals surface area (Å²) in [6.45, 7) is 7.99. The van der Waals surface area contributed by atoms with Crippen molar-refractivity contribution in [2.75, 3.05) is 51.5 Å². The van der Waals surface area contributed by atoms with Crippen molar-refractivity contribution in [2.24, 2.45) is 11.8 Å². The highest BCUT2D eigenvalue weighted by molar-refractivity contribution is 6.04. The second-order valence-electron chi connectivity index (χ2n) is 13.6. The standard InChI is InChI=1S/C32H50FN9O2/c1-22-27(40-15-9-23(10-16-40)31(44)41-17-13-35-14-18-41)25(20-37-32(22)11-7-5-3-2-4-6-8-12-32)38-30(43)26-28(34)39-42-21-24(33)19-36-29(26)42/h19,21-23,25,27,35,37H,2-18,20H2,1H3,(H2,34,39)(H,38,43). The third kappa shape index (κ3) is 6.44. The molecule has 0 bridgehead atoms. The maximum atomic E-state index is 13.8. The molecule has 44 heavy (non-hydrogen) atoms. The van der Waals surface area contributed by atoms with Gasteiger partial charge >= 0.3 is 0 Å². The SMILES string of the molecule is CC1C(N2CCC(C(=O)N3CCNCC3)CC2)C(NC(=O)c2c(N)nn3cc(F)cnc23)CNC12CCCCCCCCC2. The first-order valence-electron chi connectivity index (χ1n) is 16.9. The molecule has 2 aromatic heterocycles. The Bertz CT molecular complexity index is 1290. The number of piperidine rings is 2. The number of aromatic nitrogens is 3. The van der Waals surface area contributed by atoms with Crippen molar-refractivity contribution in [1.82, 2.24) is 40.3 Å². The molecular weight excluding hydrogens is 561 g/mol. The molecule has 3 aliphatic heterocycles. The third-order valence-corrected chi connectivity index (χ3v) is 11.0. The van der Waals surface area contributed by atoms with Gasteiger partial charge in [0.15, 0.2) is 17.3 Å². The van der Waals surface area contributed by atoms with E-state index in [9.17, 15) is 14.0 Å². The molecule has 11 nitrogen and oxygen atoms in total. The Morgan fingerprint density at radius 1 is 1.02 bits per heavy atom. The second-order valence-corrected chi connectivity index (χ2v) is 13.6. The molecular formula is C32H50FN9O2. The van der Waals surface area contributed by atoms with Gasteiger partial charge in [0.05, 0.1) is 18.4 Å². The molecule has 4 aliphatic rings. The molecule has 2 aromatic rings. The summed E-state index contributed by atoms with van der Waals surface area (Å²) in [4.78, 5) is 35.9. The molecule has 0 aromatic carbocycles. The highest BCUT2D eigenvalue weighted by atomic mass is 19.1. The number of halogens is 1. The van der Waals surface area contributed by atoms with E-state index in [-0.39, 0.29) is 52.4 Å². The van der Waals surface area contributed by atoms with E-state index in [1.54, 1.807) is 0 Å². The molecule has 5 heterocycles. The van der Waals surface area contributed by atoms with Gasteiger partial charge in [-0.25, -0.2) is 13.9 Å². The lowest BCUT2D eigenvalue weighted by atomic mass is 9.68. The van der Waals surface area contributed by atoms with Crippen molar-refractivity contribution < 1.29 is 14.0 Å². The summed E-state index contributed by atoms with van der Waals surface area (Å²) < 4.78 is 15.0. The number of nitrogens with one attached hydrogen (secondary N) is 3. The van der Waals surface area contributed by atoms with Gasteiger partial charge in [0, 0.05) is 50.2 Å². The van der Waals surface area contributed by atoms with Crippen LogP contribution in [0.3, 0.4) is 0 Å². The predicted molar refractivity (Wildman–Crippen MR) is 168 cm³/mol. The fourth-order valence-corrected chi connectivity index (χ4v) is 8.47. The van der Waals surface area contributed by atoms with Crippen molar-refractivity contribution in [1.29, 1.82) is 0 Å². The van der Waals surface area contributed by atoms with Gasteiger partial charge in [-0.1, -0.05) is 51.9 Å². The van der Waals surface area contributed by atoms with Gasteiger partial charge in [-0.3, -0.25) is 14.5 Å². The molecule has 242 valence electrons. The number of carbonyl (C=O) groups is 2. The second kappa shape index (κ2) is 13.7. The van der Waals surface area contributed by atoms with Gasteiger partial charge in [0.2, 0.25) is 5.91 Å². The first-order valence-corrected chi connectivity index (χ1v) is 16.9. The lowest BCUT2D eigenvalue weighted by Gasteiger charge is -2.55. The number of likely N-dealkylation sites (tertiary alicyclic amines) is 1. The molecule has 3 atom stereocenters. The molecule has 5 N–H and O–H groups in total. The Morgan fingerprint density at radius 2 is 1.68 bits per heavy atom. The summed E-state index contributed by atoms with van der Waals surface area (Å²) in [5.41, 5.74) is 6.60. The fraction of sp³-hybridized carbons (Fsp3) is 0.750. The Balaban J connectivity index is 1.23. The first-order chi connectivity index (χ1) is 21.4. The number of amides is 2. The first kappa shape index (κ1) is 31.2. The lowest BCUT2D eigenvalue weighted by molar-refractivity contribution is -0.138. The number of hydrogen-bond acceptors (Lipinski definition) is 8. The summed E-state index contributed by atoms with van der Waals surface area (Å²) in [6.07, 6.45) is 15.1. The average Bonchev–Trinajstić information content (AvgIpc) is 3.37. The maximum Gasteiger partial charge on any atom is 0.259 e. The fourth-order valence-electron chi connectivity index (χ4n) is 8.47. The smallest absolute Gasteiger partial charge is 0.259 e. The van der Waals surface area contributed by atoms with Crippen LogP contribution in [0.2, 0.25) is 0 Å². The van der Waals surface area contributed by atoms with Crippen molar-refractivity contribution >= 4 is 23.3 Å². The van der Waals surface area contributed by atoms with Crippen LogP contribution < -0.4 is 21.7 Å². The van der Waals surface area contributed by atoms with Crippen LogP contribution in [0.15, 0.2) is 12.4 Å². The zero-order chi connectivity index (χ0) is 30.7. The molecule has 3 unspecified atom stereocenters. The van der Waals surface area contributed by atoms with E-state index in [0.717, 1.165) is 71.1 Å². The Hall–Kier alpha value is -2.83. The number of anilines is 1. The van der Waals surface area contributed by atoms with Crippen LogP contribution in [0.1, 0.15) is 87.9 Å². The van der Waals surface area contributed by atoms with Crippen LogP contribution in [0.4, 0.5) is 10.2 Å². The minimum absolute atomic E-state index is 0.0131. The molecule has 4 fully saturated rings. The quantitative estimate of drug-likeness (QED) is 0.415. The van der Waals surface area contributed by atoms with Gasteiger partial charge < -0.3 is 26.6 Å². The van der Waals surface area contributed by atoms with E-state index < -0.39 is 5.82 Å². The van der Waals surface area contributed by atoms with E-state index in [0.29, 0.717) is 12.5 Å². The number of nitrogens with two attached hydrogens (primary N) is 1. The largest absolute Gasteiger partial charge is 0.381 e. The molecule has 2 amide bonds. The van der Waals surface area contributed by atoms with Crippen LogP contribution in [-0.4, -0.2) is 99.6 Å². The summed E-state index contributed by atoms with van der Waals surface area (Å²) in [5.74, 6) is -0.217. The molecule has 1 spiro atoms. The highest BCUT2D eigenvalue weighted by Gasteiger charge is 2.49. The average molecular weight is 612 g/mol. The number of hydrogen-bond donors (Lipinski definition) is 4. The number of carbonyl (C=O) groups excluding carboxylic acids is 2. The number of nitrogens with zero attached hydrogens (tertiary/aromatic N) is 5. The van der Waals surface area contributed by atoms with E-state index in [2.05, 4.69) is 37.9 Å². The highest BCUT2D eigenvalue weighted by Crippen LogP contribution is 2.40. The molecule has 0 radical (unpaired) electrons. The lowest BCUT2D eigenvalue weighted by Crippen LogP contribution is -2.71. The maximum absolute atomic E-state index is 13.8. The normalized spacial score (nSPS) is 27.8. The van der Waals surface area contributed by atoms with Crippen LogP contribution in [0.25, 0.3) is 5.65 Å². The summed E-state index contributed by atoms with van der Waals surface area (Å²) in [6, 6.07) is -0.0689. The molecule has 3 saturated heterocycles. The van der Waals surface area contributed by atoms with E-state index in [4.69, 9.17) is 5.73 Å². The van der Waals surface area contributed by atoms with Gasteiger partial charge in [-0.05, 0) is 44.7 Å². The topological polar surface area (TPSA) is 133 Å². The number of fused-ring (bicyclic) bond motifs is 1. The molecule has 6 rings (SSSR count). The van der Waals surface area contributed by atoms with Crippen LogP contribution in [0.5, 0.6) is 0 Å². The van der Waals surface area contributed by atoms with Crippen LogP contribution >= 0.6 is 0 Å². The van der Waals surface area contributed by atoms with E-state index in [1.165, 1.54) is 55.7 Å². The van der Waals surface area contributed by atoms with Crippen LogP contribution in [-0.2, 0) is 4.79 Å². The van der Waals surface area contributed by atoms with Crippen molar-refractivity contribution in [2.45, 2.75) is 95.2 Å². The van der Waals surface area contributed by atoms with E-state index >= 15 is 0 Å². The number of nitrogen functional groups attached to an aromatic ring is 1. The molecule has 1 saturated carbocycles. The number of piperazine rings is 1. The molecule has 12 heteroatoms. The van der Waals surface area contributed by atoms with Gasteiger partial charge in [0.1, 0.15) is 5.56 Å². The zero-order valence-electron chi connectivity index (χ0n) is 26.2. The van der Waals surface area contributed by atoms with Crippen LogP contribution in [0, 0.1) is 17.7 Å². The summed E-state index contributed by atoms with van der Waals surface area (Å²) >= 11 is 0. The third-order valence-electron chi connectivity index (χ3n) is 11.0. The van der Waals surface area contributed by atoms with Gasteiger partial charge in [-0.2, -0.15) is 0 Å². The van der Waals surface area contributed by atoms with Crippen molar-refractivity contribution in [3.05, 3.63) is 23.8 Å². The minimum atomic E-state index is -0.549. The number of rotatable bonds is 4. The van der Waals surface area contributed by atoms with Gasteiger partial charge in [-0.15, -0.1) is 5.10 Å². The summed E-state index contributed by atoms with van der Waals surface area (Å²) in [7, 11) is 0. The Morgan fingerprint density at radius 3 is 2.36 bits per heavy atom. The minimum Gasteiger partial charge on any atom is -0.381 e. The Kier molecular flexibility index (Phi) is 9.68. The van der Waals surface area contributed by atoms with Crippen molar-refractivity contribution in [3.8, 4) is 0 Å². The predicted octanol–water partition coefficient (Wildman–Crippen LogP) is 2.56. The zero-order valence-corrected chi connectivity index (χ0v) is 26.2. The van der Waals surface area contributed by atoms with Gasteiger partial charge in [0.25, 0.3) is 5.91 Å². The molecule has 1 aliphatic carbocycles. The van der Waals surface area contributed by atoms with Crippen molar-refractivity contribution in [3.63, 3.8) is 0 Å². The van der Waals surface area contributed by atoms with E-state index in [1.807, 2.05) is 4.90 Å².